The van der Waals surface area contributed by atoms with Crippen LogP contribution in [0, 0.1) is 0 Å². The van der Waals surface area contributed by atoms with Crippen molar-refractivity contribution < 1.29 is 9.84 Å². The standard InChI is InChI=1S/C18H25N3O2/c1-2-23-13-17-7-8-20-14-19-9-18(20)11-21(17)10-15-3-5-16(12-22)6-4-15/h3-6,9,14,17,22H,2,7-8,10-13H2,1H3/t17-/m0/s1. The van der Waals surface area contributed by atoms with Gasteiger partial charge >= 0.3 is 0 Å². The zero-order valence-corrected chi connectivity index (χ0v) is 13.7. The lowest BCUT2D eigenvalue weighted by Gasteiger charge is -2.29. The molecule has 5 heteroatoms. The number of aliphatic hydroxyl groups excluding tert-OH is 1. The van der Waals surface area contributed by atoms with Gasteiger partial charge in [0.05, 0.1) is 25.2 Å². The first-order valence-corrected chi connectivity index (χ1v) is 8.29. The van der Waals surface area contributed by atoms with Crippen LogP contribution in [0.5, 0.6) is 0 Å². The van der Waals surface area contributed by atoms with Gasteiger partial charge in [0.15, 0.2) is 0 Å². The molecule has 23 heavy (non-hydrogen) atoms. The van der Waals surface area contributed by atoms with E-state index in [1.54, 1.807) is 0 Å². The van der Waals surface area contributed by atoms with Gasteiger partial charge in [-0.3, -0.25) is 4.90 Å². The fraction of sp³-hybridized carbons (Fsp3) is 0.500. The maximum absolute atomic E-state index is 9.18. The first-order valence-electron chi connectivity index (χ1n) is 8.29. The molecule has 1 N–H and O–H groups in total. The summed E-state index contributed by atoms with van der Waals surface area (Å²) >= 11 is 0. The van der Waals surface area contributed by atoms with E-state index in [9.17, 15) is 5.11 Å². The third-order valence-electron chi connectivity index (χ3n) is 4.49. The first-order chi connectivity index (χ1) is 11.3. The Kier molecular flexibility index (Phi) is 5.43. The highest BCUT2D eigenvalue weighted by atomic mass is 16.5. The Morgan fingerprint density at radius 3 is 2.78 bits per heavy atom. The van der Waals surface area contributed by atoms with Crippen molar-refractivity contribution in [2.24, 2.45) is 0 Å². The van der Waals surface area contributed by atoms with E-state index in [1.807, 2.05) is 31.6 Å². The van der Waals surface area contributed by atoms with Crippen molar-refractivity contribution in [1.82, 2.24) is 14.5 Å². The predicted molar refractivity (Wildman–Crippen MR) is 88.7 cm³/mol. The maximum atomic E-state index is 9.18. The highest BCUT2D eigenvalue weighted by molar-refractivity contribution is 5.22. The zero-order chi connectivity index (χ0) is 16.1. The van der Waals surface area contributed by atoms with Crippen molar-refractivity contribution in [2.75, 3.05) is 13.2 Å². The molecule has 3 rings (SSSR count). The molecule has 124 valence electrons. The molecule has 5 nitrogen and oxygen atoms in total. The second kappa shape index (κ2) is 7.73. The average molecular weight is 315 g/mol. The van der Waals surface area contributed by atoms with Gasteiger partial charge in [-0.2, -0.15) is 0 Å². The molecule has 0 saturated heterocycles. The molecule has 1 aliphatic rings. The third kappa shape index (κ3) is 3.99. The third-order valence-corrected chi connectivity index (χ3v) is 4.49. The lowest BCUT2D eigenvalue weighted by atomic mass is 10.1. The van der Waals surface area contributed by atoms with E-state index in [0.29, 0.717) is 6.04 Å². The number of aryl methyl sites for hydroxylation is 1. The number of fused-ring (bicyclic) bond motifs is 1. The van der Waals surface area contributed by atoms with Crippen LogP contribution in [0.1, 0.15) is 30.2 Å². The lowest BCUT2D eigenvalue weighted by Crippen LogP contribution is -2.37. The summed E-state index contributed by atoms with van der Waals surface area (Å²) in [6.07, 6.45) is 4.95. The summed E-state index contributed by atoms with van der Waals surface area (Å²) in [5.41, 5.74) is 3.47. The number of imidazole rings is 1. The maximum Gasteiger partial charge on any atom is 0.0948 e. The monoisotopic (exact) mass is 315 g/mol. The molecule has 0 aliphatic carbocycles. The molecule has 1 aromatic carbocycles. The lowest BCUT2D eigenvalue weighted by molar-refractivity contribution is 0.0559. The molecule has 1 aromatic heterocycles. The van der Waals surface area contributed by atoms with Gasteiger partial charge in [0.2, 0.25) is 0 Å². The number of hydrogen-bond acceptors (Lipinski definition) is 4. The van der Waals surface area contributed by atoms with E-state index in [1.165, 1.54) is 11.3 Å². The minimum Gasteiger partial charge on any atom is -0.392 e. The molecular weight excluding hydrogens is 290 g/mol. The second-order valence-electron chi connectivity index (χ2n) is 6.06. The van der Waals surface area contributed by atoms with Crippen molar-refractivity contribution in [2.45, 2.75) is 45.6 Å². The van der Waals surface area contributed by atoms with Crippen molar-refractivity contribution in [3.05, 3.63) is 53.6 Å². The van der Waals surface area contributed by atoms with Crippen LogP contribution in [0.4, 0.5) is 0 Å². The predicted octanol–water partition coefficient (Wildman–Crippen LogP) is 2.19. The number of hydrogen-bond donors (Lipinski definition) is 1. The normalized spacial score (nSPS) is 18.6. The van der Waals surface area contributed by atoms with Gasteiger partial charge in [-0.25, -0.2) is 4.98 Å². The fourth-order valence-corrected chi connectivity index (χ4v) is 3.10. The Bertz CT molecular complexity index is 609. The Balaban J connectivity index is 1.75. The zero-order valence-electron chi connectivity index (χ0n) is 13.7. The van der Waals surface area contributed by atoms with E-state index < -0.39 is 0 Å². The highest BCUT2D eigenvalue weighted by Gasteiger charge is 2.24. The van der Waals surface area contributed by atoms with Crippen molar-refractivity contribution in [3.8, 4) is 0 Å². The minimum atomic E-state index is 0.0934. The van der Waals surface area contributed by atoms with Crippen LogP contribution in [0.15, 0.2) is 36.8 Å². The van der Waals surface area contributed by atoms with Crippen molar-refractivity contribution in [3.63, 3.8) is 0 Å². The van der Waals surface area contributed by atoms with Gasteiger partial charge in [-0.15, -0.1) is 0 Å². The molecule has 0 saturated carbocycles. The molecule has 1 aliphatic heterocycles. The number of ether oxygens (including phenoxy) is 1. The molecule has 0 radical (unpaired) electrons. The summed E-state index contributed by atoms with van der Waals surface area (Å²) in [4.78, 5) is 6.75. The first kappa shape index (κ1) is 16.2. The number of benzene rings is 1. The van der Waals surface area contributed by atoms with Crippen LogP contribution in [0.3, 0.4) is 0 Å². The molecule has 0 amide bonds. The summed E-state index contributed by atoms with van der Waals surface area (Å²) in [5, 5.41) is 9.18. The van der Waals surface area contributed by atoms with E-state index in [0.717, 1.165) is 44.8 Å². The Morgan fingerprint density at radius 1 is 1.26 bits per heavy atom. The molecule has 2 aromatic rings. The number of aliphatic hydroxyl groups is 1. The van der Waals surface area contributed by atoms with Crippen LogP contribution in [-0.4, -0.2) is 38.8 Å². The van der Waals surface area contributed by atoms with E-state index in [-0.39, 0.29) is 6.61 Å². The summed E-state index contributed by atoms with van der Waals surface area (Å²) in [6, 6.07) is 8.60. The summed E-state index contributed by atoms with van der Waals surface area (Å²) in [6.45, 7) is 6.42. The minimum absolute atomic E-state index is 0.0934. The fourth-order valence-electron chi connectivity index (χ4n) is 3.10. The van der Waals surface area contributed by atoms with Gasteiger partial charge in [0.1, 0.15) is 0 Å². The number of rotatable bonds is 6. The molecule has 0 fully saturated rings. The van der Waals surface area contributed by atoms with Crippen molar-refractivity contribution in [1.29, 1.82) is 0 Å². The van der Waals surface area contributed by atoms with Crippen LogP contribution < -0.4 is 0 Å². The second-order valence-corrected chi connectivity index (χ2v) is 6.06. The smallest absolute Gasteiger partial charge is 0.0948 e. The molecule has 1 atom stereocenters. The van der Waals surface area contributed by atoms with Gasteiger partial charge in [0, 0.05) is 38.5 Å². The Hall–Kier alpha value is -1.69. The van der Waals surface area contributed by atoms with Crippen LogP contribution in [0.2, 0.25) is 0 Å². The topological polar surface area (TPSA) is 50.5 Å². The van der Waals surface area contributed by atoms with Crippen LogP contribution in [0.25, 0.3) is 0 Å². The van der Waals surface area contributed by atoms with Crippen molar-refractivity contribution >= 4 is 0 Å². The van der Waals surface area contributed by atoms with Gasteiger partial charge in [0.25, 0.3) is 0 Å². The SMILES string of the molecule is CCOC[C@@H]1CCn2cncc2CN1Cc1ccc(CO)cc1. The van der Waals surface area contributed by atoms with E-state index in [2.05, 4.69) is 26.6 Å². The summed E-state index contributed by atoms with van der Waals surface area (Å²) in [5.74, 6) is 0. The van der Waals surface area contributed by atoms with E-state index in [4.69, 9.17) is 4.74 Å². The number of aromatic nitrogens is 2. The Morgan fingerprint density at radius 2 is 2.04 bits per heavy atom. The molecule has 0 unspecified atom stereocenters. The summed E-state index contributed by atoms with van der Waals surface area (Å²) < 4.78 is 7.95. The summed E-state index contributed by atoms with van der Waals surface area (Å²) in [7, 11) is 0. The average Bonchev–Trinajstić information content (AvgIpc) is 2.96. The molecule has 0 spiro atoms. The molecule has 2 heterocycles. The van der Waals surface area contributed by atoms with Crippen LogP contribution in [-0.2, 0) is 31.0 Å². The van der Waals surface area contributed by atoms with Gasteiger partial charge < -0.3 is 14.4 Å². The molecular formula is C18H25N3O2. The highest BCUT2D eigenvalue weighted by Crippen LogP contribution is 2.20. The van der Waals surface area contributed by atoms with Crippen LogP contribution >= 0.6 is 0 Å². The molecule has 0 bridgehead atoms. The van der Waals surface area contributed by atoms with E-state index >= 15 is 0 Å². The van der Waals surface area contributed by atoms with Gasteiger partial charge in [-0.05, 0) is 24.5 Å². The Labute approximate surface area is 137 Å². The number of nitrogens with zero attached hydrogens (tertiary/aromatic N) is 3. The van der Waals surface area contributed by atoms with Gasteiger partial charge in [-0.1, -0.05) is 24.3 Å². The quantitative estimate of drug-likeness (QED) is 0.888. The largest absolute Gasteiger partial charge is 0.392 e.